The third-order valence-corrected chi connectivity index (χ3v) is 2.93. The van der Waals surface area contributed by atoms with Crippen LogP contribution < -0.4 is 5.32 Å². The van der Waals surface area contributed by atoms with Crippen molar-refractivity contribution in [2.24, 2.45) is 0 Å². The molecule has 1 heterocycles. The van der Waals surface area contributed by atoms with E-state index < -0.39 is 0 Å². The molecule has 5 heteroatoms. The number of carbonyl (C=O) groups excluding carboxylic acids is 1. The van der Waals surface area contributed by atoms with Gasteiger partial charge >= 0.3 is 0 Å². The summed E-state index contributed by atoms with van der Waals surface area (Å²) in [5, 5.41) is 15.7. The summed E-state index contributed by atoms with van der Waals surface area (Å²) in [6.07, 6.45) is 1.64. The van der Waals surface area contributed by atoms with Crippen LogP contribution in [0.4, 0.5) is 5.69 Å². The minimum Gasteiger partial charge on any atom is -0.319 e. The number of benzene rings is 1. The van der Waals surface area contributed by atoms with Crippen molar-refractivity contribution in [1.82, 2.24) is 9.78 Å². The summed E-state index contributed by atoms with van der Waals surface area (Å²) < 4.78 is 1.81. The molecular weight excluding hydrogens is 240 g/mol. The molecule has 0 aliphatic heterocycles. The van der Waals surface area contributed by atoms with Crippen molar-refractivity contribution in [3.8, 4) is 6.07 Å². The van der Waals surface area contributed by atoms with Crippen molar-refractivity contribution in [2.75, 3.05) is 5.32 Å². The number of amides is 1. The first kappa shape index (κ1) is 12.8. The van der Waals surface area contributed by atoms with E-state index >= 15 is 0 Å². The van der Waals surface area contributed by atoms with Crippen molar-refractivity contribution < 1.29 is 4.79 Å². The number of nitrogens with zero attached hydrogens (tertiary/aromatic N) is 3. The number of hydrogen-bond donors (Lipinski definition) is 1. The van der Waals surface area contributed by atoms with E-state index in [4.69, 9.17) is 5.26 Å². The maximum absolute atomic E-state index is 12.0. The van der Waals surface area contributed by atoms with E-state index in [2.05, 4.69) is 10.4 Å². The van der Waals surface area contributed by atoms with E-state index in [-0.39, 0.29) is 5.91 Å². The topological polar surface area (TPSA) is 70.7 Å². The van der Waals surface area contributed by atoms with Crippen molar-refractivity contribution in [3.63, 3.8) is 0 Å². The molecule has 0 fully saturated rings. The summed E-state index contributed by atoms with van der Waals surface area (Å²) in [5.74, 6) is -0.205. The average Bonchev–Trinajstić information content (AvgIpc) is 2.79. The maximum atomic E-state index is 12.0. The van der Waals surface area contributed by atoms with Crippen LogP contribution in [-0.4, -0.2) is 15.7 Å². The fourth-order valence-electron chi connectivity index (χ4n) is 1.78. The minimum atomic E-state index is -0.205. The van der Waals surface area contributed by atoms with Crippen LogP contribution in [0.3, 0.4) is 0 Å². The van der Waals surface area contributed by atoms with Crippen molar-refractivity contribution in [1.29, 1.82) is 5.26 Å². The molecule has 0 unspecified atom stereocenters. The highest BCUT2D eigenvalue weighted by Crippen LogP contribution is 2.15. The zero-order chi connectivity index (χ0) is 13.8. The largest absolute Gasteiger partial charge is 0.319 e. The van der Waals surface area contributed by atoms with Crippen molar-refractivity contribution in [2.45, 2.75) is 20.4 Å². The molecule has 1 aromatic carbocycles. The Morgan fingerprint density at radius 3 is 2.63 bits per heavy atom. The van der Waals surface area contributed by atoms with Gasteiger partial charge in [-0.3, -0.25) is 9.48 Å². The monoisotopic (exact) mass is 254 g/mol. The molecule has 1 N–H and O–H groups in total. The first-order valence-electron chi connectivity index (χ1n) is 5.99. The van der Waals surface area contributed by atoms with Crippen LogP contribution in [0.25, 0.3) is 0 Å². The molecule has 1 amide bonds. The lowest BCUT2D eigenvalue weighted by atomic mass is 10.1. The summed E-state index contributed by atoms with van der Waals surface area (Å²) in [6.45, 7) is 4.66. The highest BCUT2D eigenvalue weighted by Gasteiger charge is 2.10. The Labute approximate surface area is 111 Å². The molecule has 5 nitrogen and oxygen atoms in total. The summed E-state index contributed by atoms with van der Waals surface area (Å²) in [4.78, 5) is 12.0. The standard InChI is InChI=1S/C14H14N4O/c1-3-18-10(2)13(9-16-18)17-14(19)12-6-4-11(8-15)5-7-12/h4-7,9H,3H2,1-2H3,(H,17,19). The zero-order valence-electron chi connectivity index (χ0n) is 10.8. The van der Waals surface area contributed by atoms with Gasteiger partial charge in [0, 0.05) is 12.1 Å². The molecule has 0 atom stereocenters. The number of rotatable bonds is 3. The summed E-state index contributed by atoms with van der Waals surface area (Å²) in [5.41, 5.74) is 2.68. The van der Waals surface area contributed by atoms with Gasteiger partial charge in [-0.25, -0.2) is 0 Å². The number of carbonyl (C=O) groups is 1. The van der Waals surface area contributed by atoms with Gasteiger partial charge in [0.2, 0.25) is 0 Å². The number of aryl methyl sites for hydroxylation is 1. The van der Waals surface area contributed by atoms with Crippen molar-refractivity contribution in [3.05, 3.63) is 47.3 Å². The van der Waals surface area contributed by atoms with E-state index in [1.807, 2.05) is 24.6 Å². The highest BCUT2D eigenvalue weighted by atomic mass is 16.1. The van der Waals surface area contributed by atoms with E-state index in [9.17, 15) is 4.79 Å². The number of anilines is 1. The van der Waals surface area contributed by atoms with E-state index in [0.717, 1.165) is 12.2 Å². The van der Waals surface area contributed by atoms with E-state index in [0.29, 0.717) is 16.8 Å². The fourth-order valence-corrected chi connectivity index (χ4v) is 1.78. The molecule has 0 radical (unpaired) electrons. The number of aromatic nitrogens is 2. The Hall–Kier alpha value is -2.61. The SMILES string of the molecule is CCn1ncc(NC(=O)c2ccc(C#N)cc2)c1C. The van der Waals surface area contributed by atoms with Gasteiger partial charge in [-0.05, 0) is 38.1 Å². The lowest BCUT2D eigenvalue weighted by Gasteiger charge is -2.05. The molecule has 96 valence electrons. The molecule has 1 aromatic heterocycles. The molecule has 0 spiro atoms. The Balaban J connectivity index is 2.16. The molecule has 2 rings (SSSR count). The first-order valence-corrected chi connectivity index (χ1v) is 5.99. The summed E-state index contributed by atoms with van der Waals surface area (Å²) >= 11 is 0. The predicted molar refractivity (Wildman–Crippen MR) is 71.7 cm³/mol. The normalized spacial score (nSPS) is 9.95. The predicted octanol–water partition coefficient (Wildman–Crippen LogP) is 2.34. The molecule has 0 bridgehead atoms. The molecule has 0 saturated carbocycles. The van der Waals surface area contributed by atoms with Gasteiger partial charge in [0.15, 0.2) is 0 Å². The zero-order valence-corrected chi connectivity index (χ0v) is 10.8. The Bertz CT molecular complexity index is 634. The maximum Gasteiger partial charge on any atom is 0.255 e. The highest BCUT2D eigenvalue weighted by molar-refractivity contribution is 6.04. The van der Waals surface area contributed by atoms with Crippen molar-refractivity contribution >= 4 is 11.6 Å². The molecule has 0 saturated heterocycles. The Morgan fingerprint density at radius 2 is 2.11 bits per heavy atom. The molecule has 0 aliphatic carbocycles. The van der Waals surface area contributed by atoms with Crippen LogP contribution in [0, 0.1) is 18.3 Å². The van der Waals surface area contributed by atoms with Crippen LogP contribution in [0.5, 0.6) is 0 Å². The summed E-state index contributed by atoms with van der Waals surface area (Å²) in [6, 6.07) is 8.53. The van der Waals surface area contributed by atoms with Crippen LogP contribution in [0.15, 0.2) is 30.5 Å². The second-order valence-corrected chi connectivity index (χ2v) is 4.10. The van der Waals surface area contributed by atoms with Crippen LogP contribution >= 0.6 is 0 Å². The molecule has 19 heavy (non-hydrogen) atoms. The Morgan fingerprint density at radius 1 is 1.42 bits per heavy atom. The van der Waals surface area contributed by atoms with Crippen LogP contribution in [0.1, 0.15) is 28.5 Å². The fraction of sp³-hybridized carbons (Fsp3) is 0.214. The molecular formula is C14H14N4O. The number of hydrogen-bond acceptors (Lipinski definition) is 3. The van der Waals surface area contributed by atoms with Gasteiger partial charge in [0.1, 0.15) is 0 Å². The van der Waals surface area contributed by atoms with Gasteiger partial charge in [0.25, 0.3) is 5.91 Å². The van der Waals surface area contributed by atoms with Gasteiger partial charge in [-0.15, -0.1) is 0 Å². The van der Waals surface area contributed by atoms with Gasteiger partial charge in [-0.1, -0.05) is 0 Å². The number of nitriles is 1. The smallest absolute Gasteiger partial charge is 0.255 e. The van der Waals surface area contributed by atoms with Gasteiger partial charge < -0.3 is 5.32 Å². The average molecular weight is 254 g/mol. The van der Waals surface area contributed by atoms with Gasteiger partial charge in [-0.2, -0.15) is 10.4 Å². The third-order valence-electron chi connectivity index (χ3n) is 2.93. The lowest BCUT2D eigenvalue weighted by molar-refractivity contribution is 0.102. The number of nitrogens with one attached hydrogen (secondary N) is 1. The van der Waals surface area contributed by atoms with Crippen LogP contribution in [-0.2, 0) is 6.54 Å². The quantitative estimate of drug-likeness (QED) is 0.913. The molecule has 0 aliphatic rings. The van der Waals surface area contributed by atoms with Gasteiger partial charge in [0.05, 0.1) is 29.2 Å². The van der Waals surface area contributed by atoms with E-state index in [1.165, 1.54) is 0 Å². The first-order chi connectivity index (χ1) is 9.15. The van der Waals surface area contributed by atoms with E-state index in [1.54, 1.807) is 30.5 Å². The van der Waals surface area contributed by atoms with Crippen LogP contribution in [0.2, 0.25) is 0 Å². The lowest BCUT2D eigenvalue weighted by Crippen LogP contribution is -2.12. The third kappa shape index (κ3) is 2.63. The minimum absolute atomic E-state index is 0.205. The molecule has 2 aromatic rings. The second-order valence-electron chi connectivity index (χ2n) is 4.10. The second kappa shape index (κ2) is 5.36. The Kier molecular flexibility index (Phi) is 3.62. The summed E-state index contributed by atoms with van der Waals surface area (Å²) in [7, 11) is 0.